The normalized spacial score (nSPS) is 10.3. The highest BCUT2D eigenvalue weighted by Crippen LogP contribution is 2.31. The maximum absolute atomic E-state index is 13.7. The Morgan fingerprint density at radius 1 is 1.11 bits per heavy atom. The number of carbonyl (C=O) groups excluding carboxylic acids is 1. The number of ether oxygens (including phenoxy) is 1. The average Bonchev–Trinajstić information content (AvgIpc) is 2.36. The highest BCUT2D eigenvalue weighted by Gasteiger charge is 2.11. The lowest BCUT2D eigenvalue weighted by atomic mass is 10.1. The van der Waals surface area contributed by atoms with Gasteiger partial charge in [0.2, 0.25) is 0 Å². The van der Waals surface area contributed by atoms with Crippen LogP contribution in [0.5, 0.6) is 11.5 Å². The molecule has 0 unspecified atom stereocenters. The molecule has 0 saturated carbocycles. The third-order valence-corrected chi connectivity index (χ3v) is 2.76. The number of rotatable bonds is 3. The smallest absolute Gasteiger partial charge is 0.166 e. The van der Waals surface area contributed by atoms with Gasteiger partial charge in [0.15, 0.2) is 17.3 Å². The fourth-order valence-electron chi connectivity index (χ4n) is 1.48. The fourth-order valence-corrected chi connectivity index (χ4v) is 1.63. The van der Waals surface area contributed by atoms with Gasteiger partial charge < -0.3 is 4.74 Å². The Labute approximate surface area is 113 Å². The van der Waals surface area contributed by atoms with E-state index in [9.17, 15) is 13.6 Å². The van der Waals surface area contributed by atoms with E-state index in [1.807, 2.05) is 0 Å². The van der Waals surface area contributed by atoms with Crippen LogP contribution in [0.1, 0.15) is 17.3 Å². The van der Waals surface area contributed by atoms with Crippen molar-refractivity contribution in [3.63, 3.8) is 0 Å². The SMILES string of the molecule is CC(=O)c1ccc(Oc2cc(F)ccc2Cl)c(F)c1. The Bertz CT molecular complexity index is 641. The van der Waals surface area contributed by atoms with Gasteiger partial charge in [-0.2, -0.15) is 0 Å². The molecule has 0 aliphatic heterocycles. The van der Waals surface area contributed by atoms with E-state index < -0.39 is 11.6 Å². The number of halogens is 3. The predicted molar refractivity (Wildman–Crippen MR) is 67.9 cm³/mol. The summed E-state index contributed by atoms with van der Waals surface area (Å²) in [6, 6.07) is 7.32. The Morgan fingerprint density at radius 3 is 2.47 bits per heavy atom. The minimum absolute atomic E-state index is 0.0103. The van der Waals surface area contributed by atoms with Crippen molar-refractivity contribution in [1.82, 2.24) is 0 Å². The first-order chi connectivity index (χ1) is 8.97. The molecule has 0 heterocycles. The van der Waals surface area contributed by atoms with Crippen LogP contribution in [0.25, 0.3) is 0 Å². The quantitative estimate of drug-likeness (QED) is 0.768. The molecular weight excluding hydrogens is 274 g/mol. The zero-order valence-corrected chi connectivity index (χ0v) is 10.7. The zero-order valence-electron chi connectivity index (χ0n) is 9.91. The van der Waals surface area contributed by atoms with E-state index in [1.54, 1.807) is 0 Å². The molecular formula is C14H9ClF2O2. The van der Waals surface area contributed by atoms with E-state index in [2.05, 4.69) is 0 Å². The van der Waals surface area contributed by atoms with Crippen molar-refractivity contribution in [2.45, 2.75) is 6.92 Å². The lowest BCUT2D eigenvalue weighted by molar-refractivity contribution is 0.101. The van der Waals surface area contributed by atoms with E-state index in [0.717, 1.165) is 12.1 Å². The van der Waals surface area contributed by atoms with E-state index in [4.69, 9.17) is 16.3 Å². The Balaban J connectivity index is 2.33. The highest BCUT2D eigenvalue weighted by atomic mass is 35.5. The first kappa shape index (κ1) is 13.5. The largest absolute Gasteiger partial charge is 0.453 e. The summed E-state index contributed by atoms with van der Waals surface area (Å²) in [7, 11) is 0. The minimum Gasteiger partial charge on any atom is -0.453 e. The van der Waals surface area contributed by atoms with Crippen LogP contribution >= 0.6 is 11.6 Å². The molecule has 2 aromatic rings. The van der Waals surface area contributed by atoms with Gasteiger partial charge in [0, 0.05) is 11.6 Å². The molecule has 0 fully saturated rings. The maximum atomic E-state index is 13.7. The highest BCUT2D eigenvalue weighted by molar-refractivity contribution is 6.32. The predicted octanol–water partition coefficient (Wildman–Crippen LogP) is 4.61. The number of Topliss-reactive ketones (excluding diaryl/α,β-unsaturated/α-hetero) is 1. The summed E-state index contributed by atoms with van der Waals surface area (Å²) in [5.41, 5.74) is 0.232. The van der Waals surface area contributed by atoms with Gasteiger partial charge in [-0.25, -0.2) is 8.78 Å². The Morgan fingerprint density at radius 2 is 1.84 bits per heavy atom. The summed E-state index contributed by atoms with van der Waals surface area (Å²) < 4.78 is 32.0. The van der Waals surface area contributed by atoms with Crippen LogP contribution < -0.4 is 4.74 Å². The van der Waals surface area contributed by atoms with Crippen molar-refractivity contribution >= 4 is 17.4 Å². The van der Waals surface area contributed by atoms with Crippen LogP contribution in [0.2, 0.25) is 5.02 Å². The van der Waals surface area contributed by atoms with Crippen LogP contribution in [0, 0.1) is 11.6 Å². The number of carbonyl (C=O) groups is 1. The zero-order chi connectivity index (χ0) is 14.0. The molecule has 0 N–H and O–H groups in total. The van der Waals surface area contributed by atoms with E-state index in [0.29, 0.717) is 0 Å². The van der Waals surface area contributed by atoms with E-state index in [1.165, 1.54) is 31.2 Å². The van der Waals surface area contributed by atoms with Gasteiger partial charge in [0.1, 0.15) is 11.6 Å². The molecule has 98 valence electrons. The average molecular weight is 283 g/mol. The Kier molecular flexibility index (Phi) is 3.81. The lowest BCUT2D eigenvalue weighted by Crippen LogP contribution is -1.95. The van der Waals surface area contributed by atoms with Gasteiger partial charge in [0.25, 0.3) is 0 Å². The number of hydrogen-bond donors (Lipinski definition) is 0. The maximum Gasteiger partial charge on any atom is 0.166 e. The van der Waals surface area contributed by atoms with Crippen molar-refractivity contribution in [2.24, 2.45) is 0 Å². The molecule has 0 aliphatic carbocycles. The molecule has 0 spiro atoms. The van der Waals surface area contributed by atoms with Crippen molar-refractivity contribution < 1.29 is 18.3 Å². The summed E-state index contributed by atoms with van der Waals surface area (Å²) in [5.74, 6) is -1.63. The van der Waals surface area contributed by atoms with Crippen LogP contribution in [-0.4, -0.2) is 5.78 Å². The van der Waals surface area contributed by atoms with Crippen molar-refractivity contribution in [1.29, 1.82) is 0 Å². The number of ketones is 1. The summed E-state index contributed by atoms with van der Waals surface area (Å²) in [5, 5.41) is 0.163. The van der Waals surface area contributed by atoms with Gasteiger partial charge in [-0.05, 0) is 37.3 Å². The molecule has 0 bridgehead atoms. The molecule has 0 aromatic heterocycles. The van der Waals surface area contributed by atoms with Gasteiger partial charge in [-0.15, -0.1) is 0 Å². The third kappa shape index (κ3) is 3.09. The van der Waals surface area contributed by atoms with Gasteiger partial charge >= 0.3 is 0 Å². The number of hydrogen-bond acceptors (Lipinski definition) is 2. The molecule has 5 heteroatoms. The van der Waals surface area contributed by atoms with E-state index in [-0.39, 0.29) is 27.9 Å². The van der Waals surface area contributed by atoms with Crippen molar-refractivity contribution in [3.05, 3.63) is 58.6 Å². The van der Waals surface area contributed by atoms with Crippen molar-refractivity contribution in [2.75, 3.05) is 0 Å². The lowest BCUT2D eigenvalue weighted by Gasteiger charge is -2.09. The molecule has 19 heavy (non-hydrogen) atoms. The summed E-state index contributed by atoms with van der Waals surface area (Å²) >= 11 is 5.81. The van der Waals surface area contributed by atoms with Crippen LogP contribution in [0.4, 0.5) is 8.78 Å². The molecule has 0 radical (unpaired) electrons. The van der Waals surface area contributed by atoms with Crippen molar-refractivity contribution in [3.8, 4) is 11.5 Å². The summed E-state index contributed by atoms with van der Waals surface area (Å²) in [4.78, 5) is 11.1. The first-order valence-electron chi connectivity index (χ1n) is 5.41. The van der Waals surface area contributed by atoms with Gasteiger partial charge in [-0.3, -0.25) is 4.79 Å². The van der Waals surface area contributed by atoms with E-state index >= 15 is 0 Å². The first-order valence-corrected chi connectivity index (χ1v) is 5.78. The Hall–Kier alpha value is -1.94. The molecule has 0 saturated heterocycles. The summed E-state index contributed by atoms with van der Waals surface area (Å²) in [6.45, 7) is 1.33. The molecule has 2 nitrogen and oxygen atoms in total. The second-order valence-electron chi connectivity index (χ2n) is 3.88. The standard InChI is InChI=1S/C14H9ClF2O2/c1-8(18)9-2-5-13(12(17)6-9)19-14-7-10(16)3-4-11(14)15/h2-7H,1H3. The van der Waals surface area contributed by atoms with Crippen LogP contribution in [-0.2, 0) is 0 Å². The number of benzene rings is 2. The fraction of sp³-hybridized carbons (Fsp3) is 0.0714. The third-order valence-electron chi connectivity index (χ3n) is 2.45. The van der Waals surface area contributed by atoms with Gasteiger partial charge in [0.05, 0.1) is 5.02 Å². The molecule has 0 atom stereocenters. The topological polar surface area (TPSA) is 26.3 Å². The second-order valence-corrected chi connectivity index (χ2v) is 4.29. The minimum atomic E-state index is -0.715. The second kappa shape index (κ2) is 5.36. The summed E-state index contributed by atoms with van der Waals surface area (Å²) in [6.07, 6.45) is 0. The van der Waals surface area contributed by atoms with Crippen LogP contribution in [0.15, 0.2) is 36.4 Å². The molecule has 0 aliphatic rings. The monoisotopic (exact) mass is 282 g/mol. The molecule has 0 amide bonds. The van der Waals surface area contributed by atoms with Crippen LogP contribution in [0.3, 0.4) is 0 Å². The molecule has 2 aromatic carbocycles. The molecule has 2 rings (SSSR count). The van der Waals surface area contributed by atoms with Gasteiger partial charge in [-0.1, -0.05) is 11.6 Å².